The van der Waals surface area contributed by atoms with Crippen molar-refractivity contribution >= 4 is 12.4 Å². The van der Waals surface area contributed by atoms with E-state index in [2.05, 4.69) is 91.5 Å². The van der Waals surface area contributed by atoms with Crippen LogP contribution < -0.4 is 4.74 Å². The van der Waals surface area contributed by atoms with Crippen molar-refractivity contribution in [1.82, 2.24) is 4.90 Å². The van der Waals surface area contributed by atoms with Gasteiger partial charge in [0.05, 0.1) is 0 Å². The van der Waals surface area contributed by atoms with Gasteiger partial charge < -0.3 is 9.64 Å². The number of nitrogens with zero attached hydrogens (tertiary/aromatic N) is 1. The molecule has 0 aliphatic carbocycles. The lowest BCUT2D eigenvalue weighted by Crippen LogP contribution is -2.27. The molecule has 0 bridgehead atoms. The molecular formula is C27H34ClNO. The lowest BCUT2D eigenvalue weighted by molar-refractivity contribution is 0.278. The highest BCUT2D eigenvalue weighted by Gasteiger charge is 2.04. The highest BCUT2D eigenvalue weighted by molar-refractivity contribution is 5.85. The lowest BCUT2D eigenvalue weighted by Gasteiger charge is -2.20. The molecule has 3 heteroatoms. The molecule has 0 aliphatic rings. The Labute approximate surface area is 188 Å². The maximum absolute atomic E-state index is 5.98. The maximum Gasteiger partial charge on any atom is 0.119 e. The van der Waals surface area contributed by atoms with E-state index in [9.17, 15) is 0 Å². The third kappa shape index (κ3) is 7.51. The molecule has 0 heterocycles. The van der Waals surface area contributed by atoms with Gasteiger partial charge in [0.1, 0.15) is 12.4 Å². The molecule has 3 aromatic carbocycles. The molecule has 3 aromatic rings. The van der Waals surface area contributed by atoms with Gasteiger partial charge >= 0.3 is 0 Å². The van der Waals surface area contributed by atoms with Crippen LogP contribution in [0.1, 0.15) is 37.8 Å². The van der Waals surface area contributed by atoms with E-state index < -0.39 is 0 Å². The van der Waals surface area contributed by atoms with Gasteiger partial charge in [0, 0.05) is 6.54 Å². The summed E-state index contributed by atoms with van der Waals surface area (Å²) in [5.41, 5.74) is 5.04. The van der Waals surface area contributed by atoms with Crippen LogP contribution in [0, 0.1) is 0 Å². The van der Waals surface area contributed by atoms with Crippen molar-refractivity contribution in [3.63, 3.8) is 0 Å². The quantitative estimate of drug-likeness (QED) is 0.328. The Morgan fingerprint density at radius 3 is 1.80 bits per heavy atom. The van der Waals surface area contributed by atoms with Crippen LogP contribution in [0.5, 0.6) is 5.75 Å². The van der Waals surface area contributed by atoms with Crippen LogP contribution in [-0.2, 0) is 13.0 Å². The van der Waals surface area contributed by atoms with E-state index in [1.165, 1.54) is 48.2 Å². The second-order valence-corrected chi connectivity index (χ2v) is 7.59. The molecule has 0 aliphatic heterocycles. The number of ether oxygens (including phenoxy) is 1. The molecule has 3 rings (SSSR count). The number of benzene rings is 3. The average Bonchev–Trinajstić information content (AvgIpc) is 2.78. The minimum absolute atomic E-state index is 0. The molecule has 30 heavy (non-hydrogen) atoms. The smallest absolute Gasteiger partial charge is 0.119 e. The van der Waals surface area contributed by atoms with Crippen molar-refractivity contribution in [1.29, 1.82) is 0 Å². The summed E-state index contributed by atoms with van der Waals surface area (Å²) in [6.07, 6.45) is 3.54. The molecule has 0 saturated heterocycles. The Morgan fingerprint density at radius 2 is 1.20 bits per heavy atom. The molecule has 0 N–H and O–H groups in total. The van der Waals surface area contributed by atoms with Gasteiger partial charge in [0.2, 0.25) is 0 Å². The predicted octanol–water partition coefficient (Wildman–Crippen LogP) is 7.02. The van der Waals surface area contributed by atoms with Crippen molar-refractivity contribution < 1.29 is 4.74 Å². The summed E-state index contributed by atoms with van der Waals surface area (Å²) in [4.78, 5) is 2.56. The molecular weight excluding hydrogens is 390 g/mol. The summed E-state index contributed by atoms with van der Waals surface area (Å²) in [6, 6.07) is 27.7. The summed E-state index contributed by atoms with van der Waals surface area (Å²) in [5, 5.41) is 0. The monoisotopic (exact) mass is 423 g/mol. The SMILES string of the molecule is CCCN(CCC)CCc1ccc(OCc2ccc(-c3ccccc3)cc2)cc1.Cl. The Morgan fingerprint density at radius 1 is 0.633 bits per heavy atom. The van der Waals surface area contributed by atoms with Crippen molar-refractivity contribution in [2.75, 3.05) is 19.6 Å². The Hall–Kier alpha value is -2.29. The topological polar surface area (TPSA) is 12.5 Å². The van der Waals surface area contributed by atoms with E-state index in [-0.39, 0.29) is 12.4 Å². The van der Waals surface area contributed by atoms with Gasteiger partial charge in [0.25, 0.3) is 0 Å². The highest BCUT2D eigenvalue weighted by Crippen LogP contribution is 2.20. The van der Waals surface area contributed by atoms with Crippen LogP contribution >= 0.6 is 12.4 Å². The third-order valence-electron chi connectivity index (χ3n) is 5.19. The van der Waals surface area contributed by atoms with Crippen molar-refractivity contribution in [2.24, 2.45) is 0 Å². The van der Waals surface area contributed by atoms with E-state index in [4.69, 9.17) is 4.74 Å². The first kappa shape index (κ1) is 24.0. The van der Waals surface area contributed by atoms with Gasteiger partial charge in [-0.05, 0) is 66.7 Å². The summed E-state index contributed by atoms with van der Waals surface area (Å²) >= 11 is 0. The number of halogens is 1. The minimum Gasteiger partial charge on any atom is -0.489 e. The Bertz CT molecular complexity index is 825. The summed E-state index contributed by atoms with van der Waals surface area (Å²) in [6.45, 7) is 8.62. The Kier molecular flexibility index (Phi) is 10.5. The van der Waals surface area contributed by atoms with Crippen molar-refractivity contribution in [3.8, 4) is 16.9 Å². The molecule has 0 aromatic heterocycles. The van der Waals surface area contributed by atoms with E-state index >= 15 is 0 Å². The van der Waals surface area contributed by atoms with Crippen LogP contribution in [0.2, 0.25) is 0 Å². The summed E-state index contributed by atoms with van der Waals surface area (Å²) in [5.74, 6) is 0.930. The number of hydrogen-bond donors (Lipinski definition) is 0. The molecule has 0 radical (unpaired) electrons. The van der Waals surface area contributed by atoms with Crippen LogP contribution in [0.25, 0.3) is 11.1 Å². The van der Waals surface area contributed by atoms with E-state index in [0.717, 1.165) is 18.7 Å². The predicted molar refractivity (Wildman–Crippen MR) is 131 cm³/mol. The van der Waals surface area contributed by atoms with Gasteiger partial charge in [-0.3, -0.25) is 0 Å². The van der Waals surface area contributed by atoms with Crippen molar-refractivity contribution in [2.45, 2.75) is 39.7 Å². The zero-order valence-electron chi connectivity index (χ0n) is 18.2. The van der Waals surface area contributed by atoms with Gasteiger partial charge in [0.15, 0.2) is 0 Å². The third-order valence-corrected chi connectivity index (χ3v) is 5.19. The number of rotatable bonds is 11. The fourth-order valence-electron chi connectivity index (χ4n) is 3.60. The molecule has 160 valence electrons. The maximum atomic E-state index is 5.98. The second-order valence-electron chi connectivity index (χ2n) is 7.59. The molecule has 0 atom stereocenters. The molecule has 0 saturated carbocycles. The second kappa shape index (κ2) is 13.1. The average molecular weight is 424 g/mol. The highest BCUT2D eigenvalue weighted by atomic mass is 35.5. The first-order valence-corrected chi connectivity index (χ1v) is 10.9. The summed E-state index contributed by atoms with van der Waals surface area (Å²) in [7, 11) is 0. The first-order valence-electron chi connectivity index (χ1n) is 10.9. The Balaban J connectivity index is 0.00000320. The largest absolute Gasteiger partial charge is 0.489 e. The van der Waals surface area contributed by atoms with Gasteiger partial charge in [-0.2, -0.15) is 0 Å². The van der Waals surface area contributed by atoms with Gasteiger partial charge in [-0.1, -0.05) is 80.6 Å². The van der Waals surface area contributed by atoms with E-state index in [1.54, 1.807) is 0 Å². The van der Waals surface area contributed by atoms with Crippen LogP contribution in [0.15, 0.2) is 78.9 Å². The minimum atomic E-state index is 0. The molecule has 0 amide bonds. The lowest BCUT2D eigenvalue weighted by atomic mass is 10.0. The fourth-order valence-corrected chi connectivity index (χ4v) is 3.60. The number of hydrogen-bond acceptors (Lipinski definition) is 2. The molecule has 2 nitrogen and oxygen atoms in total. The molecule has 0 spiro atoms. The van der Waals surface area contributed by atoms with E-state index in [0.29, 0.717) is 6.61 Å². The fraction of sp³-hybridized carbons (Fsp3) is 0.333. The summed E-state index contributed by atoms with van der Waals surface area (Å²) < 4.78 is 5.98. The van der Waals surface area contributed by atoms with Gasteiger partial charge in [-0.25, -0.2) is 0 Å². The van der Waals surface area contributed by atoms with Crippen LogP contribution in [0.3, 0.4) is 0 Å². The molecule has 0 fully saturated rings. The van der Waals surface area contributed by atoms with Crippen LogP contribution in [-0.4, -0.2) is 24.5 Å². The van der Waals surface area contributed by atoms with Crippen LogP contribution in [0.4, 0.5) is 0 Å². The van der Waals surface area contributed by atoms with Gasteiger partial charge in [-0.15, -0.1) is 12.4 Å². The van der Waals surface area contributed by atoms with Crippen molar-refractivity contribution in [3.05, 3.63) is 90.0 Å². The zero-order chi connectivity index (χ0) is 20.3. The van der Waals surface area contributed by atoms with E-state index in [1.807, 2.05) is 6.07 Å². The first-order chi connectivity index (χ1) is 14.3. The zero-order valence-corrected chi connectivity index (χ0v) is 19.0. The standard InChI is InChI=1S/C27H33NO.ClH/c1-3-19-28(20-4-2)21-18-23-12-16-27(17-13-23)29-22-24-10-14-26(15-11-24)25-8-6-5-7-9-25;/h5-17H,3-4,18-22H2,1-2H3;1H. The normalized spacial score (nSPS) is 10.6. The molecule has 0 unspecified atom stereocenters.